The monoisotopic (exact) mass is 730 g/mol. The van der Waals surface area contributed by atoms with E-state index in [1.165, 1.54) is 88.5 Å². The lowest BCUT2D eigenvalue weighted by molar-refractivity contribution is 0.658. The summed E-state index contributed by atoms with van der Waals surface area (Å²) in [5.41, 5.74) is 22.5. The van der Waals surface area contributed by atoms with Gasteiger partial charge in [-0.3, -0.25) is 8.80 Å². The molecule has 0 fully saturated rings. The van der Waals surface area contributed by atoms with Crippen molar-refractivity contribution < 1.29 is 0 Å². The van der Waals surface area contributed by atoms with Crippen LogP contribution >= 0.6 is 0 Å². The van der Waals surface area contributed by atoms with Crippen molar-refractivity contribution in [2.24, 2.45) is 0 Å². The van der Waals surface area contributed by atoms with Crippen LogP contribution in [0, 0.1) is 0 Å². The van der Waals surface area contributed by atoms with E-state index < -0.39 is 0 Å². The van der Waals surface area contributed by atoms with Gasteiger partial charge in [0.25, 0.3) is 0 Å². The van der Waals surface area contributed by atoms with Gasteiger partial charge in [0.1, 0.15) is 11.3 Å². The molecule has 3 aliphatic carbocycles. The summed E-state index contributed by atoms with van der Waals surface area (Å²) in [5, 5.41) is 3.65. The SMILES string of the molecule is CC1(C)c2cc(-c3ccc4c(c3)c3ccccc3n3c5ccccc5nc43)ccc2-c2ccc(C3C=Cc4c(c5c(n6c4nc4ccccc46)C=CCC5)C3)cc21. The summed E-state index contributed by atoms with van der Waals surface area (Å²) >= 11 is 0. The van der Waals surface area contributed by atoms with E-state index in [0.717, 1.165) is 47.1 Å². The number of rotatable bonds is 2. The van der Waals surface area contributed by atoms with E-state index in [-0.39, 0.29) is 5.41 Å². The lowest BCUT2D eigenvalue weighted by Gasteiger charge is -2.27. The highest BCUT2D eigenvalue weighted by molar-refractivity contribution is 6.14. The molecule has 0 bridgehead atoms. The van der Waals surface area contributed by atoms with Crippen LogP contribution in [0.15, 0.2) is 140 Å². The van der Waals surface area contributed by atoms with E-state index in [2.05, 4.69) is 174 Å². The molecule has 3 aliphatic rings. The molecule has 0 N–H and O–H groups in total. The van der Waals surface area contributed by atoms with E-state index in [4.69, 9.17) is 9.97 Å². The number of hydrogen-bond donors (Lipinski definition) is 0. The molecule has 0 amide bonds. The predicted molar refractivity (Wildman–Crippen MR) is 236 cm³/mol. The second-order valence-corrected chi connectivity index (χ2v) is 16.9. The zero-order valence-electron chi connectivity index (χ0n) is 31.9. The van der Waals surface area contributed by atoms with Gasteiger partial charge in [0.15, 0.2) is 0 Å². The summed E-state index contributed by atoms with van der Waals surface area (Å²) in [6.45, 7) is 4.82. The van der Waals surface area contributed by atoms with E-state index in [1.807, 2.05) is 0 Å². The van der Waals surface area contributed by atoms with Gasteiger partial charge in [-0.1, -0.05) is 111 Å². The fourth-order valence-electron chi connectivity index (χ4n) is 10.7. The molecule has 4 heterocycles. The first kappa shape index (κ1) is 31.4. The maximum atomic E-state index is 5.17. The van der Waals surface area contributed by atoms with Crippen molar-refractivity contribution in [3.63, 3.8) is 0 Å². The van der Waals surface area contributed by atoms with E-state index in [1.54, 1.807) is 0 Å². The Hall–Kier alpha value is -6.78. The van der Waals surface area contributed by atoms with Crippen LogP contribution < -0.4 is 0 Å². The van der Waals surface area contributed by atoms with Gasteiger partial charge in [0, 0.05) is 27.7 Å². The normalized spacial score (nSPS) is 16.6. The average Bonchev–Trinajstić information content (AvgIpc) is 3.92. The van der Waals surface area contributed by atoms with Crippen LogP contribution in [0.1, 0.15) is 65.3 Å². The Morgan fingerprint density at radius 2 is 1.26 bits per heavy atom. The summed E-state index contributed by atoms with van der Waals surface area (Å²) in [6, 6.07) is 47.2. The predicted octanol–water partition coefficient (Wildman–Crippen LogP) is 12.9. The van der Waals surface area contributed by atoms with E-state index >= 15 is 0 Å². The molecule has 1 unspecified atom stereocenters. The number of pyridine rings is 2. The molecule has 0 spiro atoms. The zero-order valence-corrected chi connectivity index (χ0v) is 31.9. The number of para-hydroxylation sites is 5. The van der Waals surface area contributed by atoms with Gasteiger partial charge in [-0.25, -0.2) is 9.97 Å². The van der Waals surface area contributed by atoms with E-state index in [9.17, 15) is 0 Å². The molecular weight excluding hydrogens is 693 g/mol. The Morgan fingerprint density at radius 1 is 0.579 bits per heavy atom. The zero-order chi connectivity index (χ0) is 37.6. The molecule has 57 heavy (non-hydrogen) atoms. The minimum Gasteiger partial charge on any atom is -0.292 e. The standard InChI is InChI=1S/C53H38N4/c1-53(2)43-29-33(31-21-25-39-41(27-31)37-11-3-7-15-47(37)56-49-17-9-5-13-45(49)54-51(39)56)19-23-35(43)36-24-20-34(30-44(36)53)32-22-26-40-42(28-32)38-12-4-8-16-48(38)57-50-18-10-6-14-46(50)55-52(40)57/h3,5-11,13-27,29-30,32H,4,12,28H2,1-2H3. The molecular formula is C53H38N4. The third-order valence-corrected chi connectivity index (χ3v) is 13.5. The number of fused-ring (bicyclic) bond motifs is 19. The molecule has 0 saturated carbocycles. The highest BCUT2D eigenvalue weighted by Crippen LogP contribution is 2.51. The fourth-order valence-corrected chi connectivity index (χ4v) is 10.7. The lowest BCUT2D eigenvalue weighted by atomic mass is 9.78. The number of allylic oxidation sites excluding steroid dienone is 2. The molecule has 4 nitrogen and oxygen atoms in total. The Balaban J connectivity index is 0.891. The van der Waals surface area contributed by atoms with Gasteiger partial charge in [-0.05, 0) is 129 Å². The summed E-state index contributed by atoms with van der Waals surface area (Å²) in [4.78, 5) is 10.3. The number of hydrogen-bond acceptors (Lipinski definition) is 2. The summed E-state index contributed by atoms with van der Waals surface area (Å²) < 4.78 is 4.72. The molecule has 0 radical (unpaired) electrons. The summed E-state index contributed by atoms with van der Waals surface area (Å²) in [6.07, 6.45) is 12.6. The Kier molecular flexibility index (Phi) is 6.16. The Labute approximate surface area is 330 Å². The van der Waals surface area contributed by atoms with Gasteiger partial charge in [-0.15, -0.1) is 0 Å². The quantitative estimate of drug-likeness (QED) is 0.166. The van der Waals surface area contributed by atoms with Crippen molar-refractivity contribution in [3.05, 3.63) is 179 Å². The van der Waals surface area contributed by atoms with Crippen LogP contribution in [-0.2, 0) is 18.3 Å². The van der Waals surface area contributed by atoms with Crippen molar-refractivity contribution in [1.29, 1.82) is 0 Å². The highest BCUT2D eigenvalue weighted by Gasteiger charge is 2.37. The Morgan fingerprint density at radius 3 is 2.11 bits per heavy atom. The molecule has 0 saturated heterocycles. The number of imidazole rings is 2. The van der Waals surface area contributed by atoms with Gasteiger partial charge in [0.05, 0.1) is 33.3 Å². The number of nitrogens with zero attached hydrogens (tertiary/aromatic N) is 4. The van der Waals surface area contributed by atoms with Crippen LogP contribution in [-0.4, -0.2) is 18.8 Å². The topological polar surface area (TPSA) is 34.6 Å². The third-order valence-electron chi connectivity index (χ3n) is 13.5. The summed E-state index contributed by atoms with van der Waals surface area (Å²) in [5.74, 6) is 0.311. The highest BCUT2D eigenvalue weighted by atomic mass is 15.0. The minimum atomic E-state index is -0.134. The molecule has 6 aromatic carbocycles. The molecule has 0 aliphatic heterocycles. The van der Waals surface area contributed by atoms with Gasteiger partial charge in [-0.2, -0.15) is 0 Å². The van der Waals surface area contributed by atoms with Crippen molar-refractivity contribution in [2.75, 3.05) is 0 Å². The first-order valence-corrected chi connectivity index (χ1v) is 20.3. The third kappa shape index (κ3) is 4.22. The van der Waals surface area contributed by atoms with Gasteiger partial charge < -0.3 is 0 Å². The largest absolute Gasteiger partial charge is 0.292 e. The molecule has 4 heteroatoms. The van der Waals surface area contributed by atoms with Gasteiger partial charge in [0.2, 0.25) is 0 Å². The van der Waals surface area contributed by atoms with Gasteiger partial charge >= 0.3 is 0 Å². The van der Waals surface area contributed by atoms with Crippen LogP contribution in [0.4, 0.5) is 0 Å². The van der Waals surface area contributed by atoms with Crippen LogP contribution in [0.2, 0.25) is 0 Å². The average molecular weight is 731 g/mol. The molecule has 270 valence electrons. The van der Waals surface area contributed by atoms with Crippen molar-refractivity contribution in [1.82, 2.24) is 18.8 Å². The van der Waals surface area contributed by atoms with Crippen molar-refractivity contribution in [2.45, 2.75) is 44.4 Å². The maximum Gasteiger partial charge on any atom is 0.146 e. The molecule has 4 aromatic heterocycles. The van der Waals surface area contributed by atoms with Crippen LogP contribution in [0.3, 0.4) is 0 Å². The molecule has 1 atom stereocenters. The smallest absolute Gasteiger partial charge is 0.146 e. The second kappa shape index (κ2) is 11.2. The maximum absolute atomic E-state index is 5.17. The van der Waals surface area contributed by atoms with E-state index in [0.29, 0.717) is 5.92 Å². The number of aromatic nitrogens is 4. The minimum absolute atomic E-state index is 0.134. The van der Waals surface area contributed by atoms with Crippen LogP contribution in [0.5, 0.6) is 0 Å². The molecule has 10 aromatic rings. The lowest BCUT2D eigenvalue weighted by Crippen LogP contribution is -2.17. The molecule has 13 rings (SSSR count). The fraction of sp³-hybridized carbons (Fsp3) is 0.132. The Bertz CT molecular complexity index is 3480. The number of benzene rings is 6. The van der Waals surface area contributed by atoms with Crippen LogP contribution in [0.25, 0.3) is 89.4 Å². The second-order valence-electron chi connectivity index (χ2n) is 16.9. The van der Waals surface area contributed by atoms with Crippen molar-refractivity contribution >= 4 is 67.2 Å². The van der Waals surface area contributed by atoms with Crippen molar-refractivity contribution in [3.8, 4) is 22.3 Å². The summed E-state index contributed by atoms with van der Waals surface area (Å²) in [7, 11) is 0. The first-order chi connectivity index (χ1) is 28.0. The first-order valence-electron chi connectivity index (χ1n) is 20.3.